The van der Waals surface area contributed by atoms with E-state index in [1.165, 1.54) is 0 Å². The van der Waals surface area contributed by atoms with Crippen LogP contribution in [0, 0.1) is 5.92 Å². The summed E-state index contributed by atoms with van der Waals surface area (Å²) in [6, 6.07) is 0.0704. The van der Waals surface area contributed by atoms with E-state index in [2.05, 4.69) is 10.0 Å². The van der Waals surface area contributed by atoms with Gasteiger partial charge in [-0.2, -0.15) is 0 Å². The molecular weight excluding hydrogens is 264 g/mol. The van der Waals surface area contributed by atoms with E-state index in [1.807, 2.05) is 0 Å². The van der Waals surface area contributed by atoms with E-state index in [0.29, 0.717) is 13.2 Å². The van der Waals surface area contributed by atoms with E-state index >= 15 is 0 Å². The lowest BCUT2D eigenvalue weighted by molar-refractivity contribution is 0.188. The summed E-state index contributed by atoms with van der Waals surface area (Å²) >= 11 is 0. The Balaban J connectivity index is 0.00000144. The molecule has 5 nitrogen and oxygen atoms in total. The second-order valence-corrected chi connectivity index (χ2v) is 6.47. The Morgan fingerprint density at radius 3 is 2.76 bits per heavy atom. The van der Waals surface area contributed by atoms with Crippen LogP contribution in [0.3, 0.4) is 0 Å². The predicted octanol–water partition coefficient (Wildman–Crippen LogP) is 0.116. The molecule has 2 unspecified atom stereocenters. The van der Waals surface area contributed by atoms with Crippen molar-refractivity contribution in [2.45, 2.75) is 25.3 Å². The van der Waals surface area contributed by atoms with E-state index < -0.39 is 10.0 Å². The molecule has 2 fully saturated rings. The highest BCUT2D eigenvalue weighted by molar-refractivity contribution is 7.89. The number of hydrogen-bond acceptors (Lipinski definition) is 4. The van der Waals surface area contributed by atoms with Crippen LogP contribution in [-0.2, 0) is 14.8 Å². The summed E-state index contributed by atoms with van der Waals surface area (Å²) < 4.78 is 31.7. The third-order valence-corrected chi connectivity index (χ3v) is 4.72. The predicted molar refractivity (Wildman–Crippen MR) is 69.0 cm³/mol. The van der Waals surface area contributed by atoms with Crippen LogP contribution < -0.4 is 10.0 Å². The third kappa shape index (κ3) is 5.09. The average molecular weight is 285 g/mol. The van der Waals surface area contributed by atoms with Crippen LogP contribution >= 0.6 is 12.4 Å². The lowest BCUT2D eigenvalue weighted by atomic mass is 10.1. The summed E-state index contributed by atoms with van der Waals surface area (Å²) in [5.74, 6) is 0.387. The molecule has 0 bridgehead atoms. The minimum Gasteiger partial charge on any atom is -0.381 e. The first kappa shape index (κ1) is 15.2. The van der Waals surface area contributed by atoms with Crippen LogP contribution in [0.1, 0.15) is 19.3 Å². The standard InChI is InChI=1S/C10H20N2O3S.ClH/c13-16(14,8-9-3-5-15-7-9)12-10-2-1-4-11-6-10;/h9-12H,1-8H2;1H. The van der Waals surface area contributed by atoms with Gasteiger partial charge in [-0.1, -0.05) is 0 Å². The Hall–Kier alpha value is 0.120. The fourth-order valence-electron chi connectivity index (χ4n) is 2.28. The molecule has 17 heavy (non-hydrogen) atoms. The van der Waals surface area contributed by atoms with Crippen molar-refractivity contribution in [1.82, 2.24) is 10.0 Å². The van der Waals surface area contributed by atoms with Gasteiger partial charge in [0.05, 0.1) is 12.4 Å². The fraction of sp³-hybridized carbons (Fsp3) is 1.00. The molecule has 2 saturated heterocycles. The summed E-state index contributed by atoms with van der Waals surface area (Å²) in [5.41, 5.74) is 0. The highest BCUT2D eigenvalue weighted by atomic mass is 35.5. The minimum absolute atomic E-state index is 0. The average Bonchev–Trinajstić information content (AvgIpc) is 2.70. The number of sulfonamides is 1. The highest BCUT2D eigenvalue weighted by Gasteiger charge is 2.25. The molecule has 0 amide bonds. The van der Waals surface area contributed by atoms with E-state index in [1.54, 1.807) is 0 Å². The monoisotopic (exact) mass is 284 g/mol. The molecule has 0 aromatic rings. The summed E-state index contributed by atoms with van der Waals surface area (Å²) in [6.45, 7) is 3.03. The first-order valence-corrected chi connectivity index (χ1v) is 7.59. The van der Waals surface area contributed by atoms with Gasteiger partial charge in [0.25, 0.3) is 0 Å². The molecule has 0 spiro atoms. The number of hydrogen-bond donors (Lipinski definition) is 2. The highest BCUT2D eigenvalue weighted by Crippen LogP contribution is 2.14. The fourth-order valence-corrected chi connectivity index (χ4v) is 3.97. The lowest BCUT2D eigenvalue weighted by Crippen LogP contribution is -2.46. The van der Waals surface area contributed by atoms with Crippen molar-refractivity contribution in [3.8, 4) is 0 Å². The second-order valence-electron chi connectivity index (χ2n) is 4.67. The van der Waals surface area contributed by atoms with Gasteiger partial charge in [-0.25, -0.2) is 13.1 Å². The van der Waals surface area contributed by atoms with Gasteiger partial charge < -0.3 is 10.1 Å². The number of ether oxygens (including phenoxy) is 1. The topological polar surface area (TPSA) is 67.4 Å². The number of piperidine rings is 1. The van der Waals surface area contributed by atoms with Crippen LogP contribution in [-0.4, -0.2) is 46.5 Å². The van der Waals surface area contributed by atoms with Crippen molar-refractivity contribution in [2.24, 2.45) is 5.92 Å². The van der Waals surface area contributed by atoms with Crippen LogP contribution in [0.25, 0.3) is 0 Å². The van der Waals surface area contributed by atoms with Crippen LogP contribution in [0.2, 0.25) is 0 Å². The summed E-state index contributed by atoms with van der Waals surface area (Å²) in [6.07, 6.45) is 2.84. The van der Waals surface area contributed by atoms with Gasteiger partial charge in [-0.05, 0) is 31.7 Å². The molecule has 2 aliphatic rings. The van der Waals surface area contributed by atoms with Crippen LogP contribution in [0.5, 0.6) is 0 Å². The summed E-state index contributed by atoms with van der Waals surface area (Å²) in [5, 5.41) is 3.20. The van der Waals surface area contributed by atoms with E-state index in [4.69, 9.17) is 4.74 Å². The van der Waals surface area contributed by atoms with E-state index in [9.17, 15) is 8.42 Å². The maximum Gasteiger partial charge on any atom is 0.212 e. The van der Waals surface area contributed by atoms with Gasteiger partial charge >= 0.3 is 0 Å². The van der Waals surface area contributed by atoms with Gasteiger partial charge in [0.15, 0.2) is 0 Å². The van der Waals surface area contributed by atoms with Crippen molar-refractivity contribution in [3.63, 3.8) is 0 Å². The summed E-state index contributed by atoms with van der Waals surface area (Å²) in [4.78, 5) is 0. The largest absolute Gasteiger partial charge is 0.381 e. The molecule has 2 atom stereocenters. The zero-order chi connectivity index (χ0) is 11.4. The van der Waals surface area contributed by atoms with Gasteiger partial charge in [0.1, 0.15) is 0 Å². The lowest BCUT2D eigenvalue weighted by Gasteiger charge is -2.24. The Morgan fingerprint density at radius 2 is 2.18 bits per heavy atom. The van der Waals surface area contributed by atoms with Crippen molar-refractivity contribution in [3.05, 3.63) is 0 Å². The first-order valence-electron chi connectivity index (χ1n) is 5.94. The number of rotatable bonds is 4. The molecule has 0 saturated carbocycles. The maximum atomic E-state index is 11.9. The molecule has 0 aromatic heterocycles. The zero-order valence-electron chi connectivity index (χ0n) is 9.85. The molecule has 7 heteroatoms. The van der Waals surface area contributed by atoms with E-state index in [0.717, 1.165) is 32.4 Å². The molecule has 102 valence electrons. The van der Waals surface area contributed by atoms with Crippen molar-refractivity contribution >= 4 is 22.4 Å². The van der Waals surface area contributed by atoms with E-state index in [-0.39, 0.29) is 30.1 Å². The van der Waals surface area contributed by atoms with Crippen molar-refractivity contribution in [2.75, 3.05) is 32.1 Å². The molecule has 2 aliphatic heterocycles. The summed E-state index contributed by atoms with van der Waals surface area (Å²) in [7, 11) is -3.13. The van der Waals surface area contributed by atoms with Gasteiger partial charge in [-0.15, -0.1) is 12.4 Å². The minimum atomic E-state index is -3.13. The second kappa shape index (κ2) is 6.89. The first-order chi connectivity index (χ1) is 7.66. The van der Waals surface area contributed by atoms with Crippen molar-refractivity contribution in [1.29, 1.82) is 0 Å². The smallest absolute Gasteiger partial charge is 0.212 e. The molecule has 2 heterocycles. The number of nitrogens with one attached hydrogen (secondary N) is 2. The molecule has 2 rings (SSSR count). The van der Waals surface area contributed by atoms with Gasteiger partial charge in [-0.3, -0.25) is 0 Å². The molecule has 0 aliphatic carbocycles. The molecule has 0 radical (unpaired) electrons. The molecular formula is C10H21ClN2O3S. The van der Waals surface area contributed by atoms with Crippen LogP contribution in [0.4, 0.5) is 0 Å². The normalized spacial score (nSPS) is 29.9. The maximum absolute atomic E-state index is 11.9. The quantitative estimate of drug-likeness (QED) is 0.769. The Bertz CT molecular complexity index is 312. The third-order valence-electron chi connectivity index (χ3n) is 3.12. The Labute approximate surface area is 109 Å². The molecule has 2 N–H and O–H groups in total. The van der Waals surface area contributed by atoms with Gasteiger partial charge in [0, 0.05) is 19.2 Å². The van der Waals surface area contributed by atoms with Crippen LogP contribution in [0.15, 0.2) is 0 Å². The SMILES string of the molecule is Cl.O=S(=O)(CC1CCOC1)NC1CCCNC1. The van der Waals surface area contributed by atoms with Gasteiger partial charge in [0.2, 0.25) is 10.0 Å². The Kier molecular flexibility index (Phi) is 6.16. The zero-order valence-corrected chi connectivity index (χ0v) is 11.5. The Morgan fingerprint density at radius 1 is 1.35 bits per heavy atom. The van der Waals surface area contributed by atoms with Crippen molar-refractivity contribution < 1.29 is 13.2 Å². The number of halogens is 1. The molecule has 0 aromatic carbocycles.